The van der Waals surface area contributed by atoms with Gasteiger partial charge in [0.25, 0.3) is 11.6 Å². The Hall–Kier alpha value is -4.13. The minimum atomic E-state index is -0.347. The third kappa shape index (κ3) is 4.57. The lowest BCUT2D eigenvalue weighted by Crippen LogP contribution is -2.46. The monoisotopic (exact) mass is 442 g/mol. The van der Waals surface area contributed by atoms with E-state index >= 15 is 0 Å². The van der Waals surface area contributed by atoms with Crippen LogP contribution in [0.5, 0.6) is 0 Å². The quantitative estimate of drug-likeness (QED) is 0.454. The number of rotatable bonds is 6. The highest BCUT2D eigenvalue weighted by molar-refractivity contribution is 6.00. The molecule has 0 aromatic heterocycles. The van der Waals surface area contributed by atoms with Crippen molar-refractivity contribution in [2.75, 3.05) is 43.0 Å². The fourth-order valence-corrected chi connectivity index (χ4v) is 4.20. The van der Waals surface area contributed by atoms with Crippen LogP contribution in [0.15, 0.2) is 79.4 Å². The molecule has 0 aliphatic carbocycles. The summed E-state index contributed by atoms with van der Waals surface area (Å²) in [5.74, 6) is -0.228. The van der Waals surface area contributed by atoms with E-state index in [1.807, 2.05) is 30.3 Å². The summed E-state index contributed by atoms with van der Waals surface area (Å²) in [6.07, 6.45) is 0. The van der Waals surface area contributed by atoms with Gasteiger partial charge in [-0.15, -0.1) is 0 Å². The molecule has 0 spiro atoms. The summed E-state index contributed by atoms with van der Waals surface area (Å²) in [4.78, 5) is 28.2. The van der Waals surface area contributed by atoms with E-state index in [0.29, 0.717) is 41.0 Å². The van der Waals surface area contributed by atoms with Crippen molar-refractivity contribution in [1.82, 2.24) is 5.32 Å². The first-order valence-electron chi connectivity index (χ1n) is 10.8. The highest BCUT2D eigenvalue weighted by atomic mass is 16.6. The van der Waals surface area contributed by atoms with Crippen molar-refractivity contribution in [2.45, 2.75) is 0 Å². The lowest BCUT2D eigenvalue weighted by Gasteiger charge is -2.37. The van der Waals surface area contributed by atoms with E-state index < -0.39 is 0 Å². The van der Waals surface area contributed by atoms with Gasteiger partial charge in [-0.1, -0.05) is 49.0 Å². The number of benzene rings is 3. The van der Waals surface area contributed by atoms with Crippen molar-refractivity contribution in [2.24, 2.45) is 0 Å². The maximum Gasteiger partial charge on any atom is 0.293 e. The molecule has 1 aliphatic rings. The first-order chi connectivity index (χ1) is 16.0. The number of hydrogen-bond donors (Lipinski definition) is 1. The molecule has 1 fully saturated rings. The molecule has 1 N–H and O–H groups in total. The van der Waals surface area contributed by atoms with Crippen molar-refractivity contribution < 1.29 is 9.72 Å². The van der Waals surface area contributed by atoms with Gasteiger partial charge in [-0.2, -0.15) is 0 Å². The zero-order valence-electron chi connectivity index (χ0n) is 18.5. The van der Waals surface area contributed by atoms with Gasteiger partial charge in [-0.25, -0.2) is 0 Å². The molecule has 3 aromatic rings. The van der Waals surface area contributed by atoms with Crippen LogP contribution in [0.2, 0.25) is 0 Å². The predicted octanol–water partition coefficient (Wildman–Crippen LogP) is 4.34. The van der Waals surface area contributed by atoms with Crippen molar-refractivity contribution in [1.29, 1.82) is 0 Å². The first kappa shape index (κ1) is 22.1. The Morgan fingerprint density at radius 2 is 1.52 bits per heavy atom. The number of nitrogens with zero attached hydrogens (tertiary/aromatic N) is 3. The largest absolute Gasteiger partial charge is 0.368 e. The van der Waals surface area contributed by atoms with Gasteiger partial charge in [0.2, 0.25) is 0 Å². The predicted molar refractivity (Wildman–Crippen MR) is 132 cm³/mol. The number of nitrogens with one attached hydrogen (secondary N) is 1. The van der Waals surface area contributed by atoms with Crippen LogP contribution in [0.25, 0.3) is 5.57 Å². The van der Waals surface area contributed by atoms with Crippen LogP contribution in [0, 0.1) is 10.1 Å². The molecular weight excluding hydrogens is 416 g/mol. The van der Waals surface area contributed by atoms with Gasteiger partial charge >= 0.3 is 0 Å². The third-order valence-corrected chi connectivity index (χ3v) is 5.99. The number of amides is 1. The normalized spacial score (nSPS) is 13.5. The maximum absolute atomic E-state index is 12.3. The summed E-state index contributed by atoms with van der Waals surface area (Å²) < 4.78 is 0. The minimum Gasteiger partial charge on any atom is -0.368 e. The Bertz CT molecular complexity index is 1190. The van der Waals surface area contributed by atoms with E-state index in [1.54, 1.807) is 37.4 Å². The summed E-state index contributed by atoms with van der Waals surface area (Å²) in [7, 11) is 1.57. The van der Waals surface area contributed by atoms with E-state index in [0.717, 1.165) is 18.8 Å². The molecule has 0 saturated carbocycles. The number of hydrogen-bond acceptors (Lipinski definition) is 5. The summed E-state index contributed by atoms with van der Waals surface area (Å²) in [6.45, 7) is 7.09. The molecule has 1 aliphatic heterocycles. The van der Waals surface area contributed by atoms with Crippen molar-refractivity contribution in [3.63, 3.8) is 0 Å². The number of carbonyl (C=O) groups excluding carboxylic acids is 1. The molecular formula is C26H26N4O3. The van der Waals surface area contributed by atoms with Crippen LogP contribution in [0.1, 0.15) is 21.5 Å². The Morgan fingerprint density at radius 3 is 2.15 bits per heavy atom. The maximum atomic E-state index is 12.3. The zero-order chi connectivity index (χ0) is 23.4. The fourth-order valence-electron chi connectivity index (χ4n) is 4.20. The lowest BCUT2D eigenvalue weighted by molar-refractivity contribution is -0.384. The summed E-state index contributed by atoms with van der Waals surface area (Å²) in [5.41, 5.74) is 4.11. The smallest absolute Gasteiger partial charge is 0.293 e. The van der Waals surface area contributed by atoms with Crippen LogP contribution in [-0.2, 0) is 0 Å². The first-order valence-corrected chi connectivity index (χ1v) is 10.8. The number of nitro groups is 1. The van der Waals surface area contributed by atoms with E-state index in [2.05, 4.69) is 33.8 Å². The number of para-hydroxylation sites is 1. The van der Waals surface area contributed by atoms with Gasteiger partial charge in [0.1, 0.15) is 5.69 Å². The molecule has 7 heteroatoms. The van der Waals surface area contributed by atoms with Crippen molar-refractivity contribution in [3.05, 3.63) is 106 Å². The van der Waals surface area contributed by atoms with Crippen LogP contribution in [0.3, 0.4) is 0 Å². The zero-order valence-corrected chi connectivity index (χ0v) is 18.5. The molecule has 1 saturated heterocycles. The van der Waals surface area contributed by atoms with Crippen molar-refractivity contribution in [3.8, 4) is 0 Å². The number of nitro benzene ring substituents is 1. The molecule has 4 rings (SSSR count). The highest BCUT2D eigenvalue weighted by Crippen LogP contribution is 2.34. The summed E-state index contributed by atoms with van der Waals surface area (Å²) in [5, 5.41) is 14.6. The fraction of sp³-hybridized carbons (Fsp3) is 0.192. The van der Waals surface area contributed by atoms with Gasteiger partial charge in [0.05, 0.1) is 4.92 Å². The van der Waals surface area contributed by atoms with Crippen LogP contribution >= 0.6 is 0 Å². The lowest BCUT2D eigenvalue weighted by atomic mass is 9.94. The molecule has 0 unspecified atom stereocenters. The second-order valence-electron chi connectivity index (χ2n) is 7.87. The Morgan fingerprint density at radius 1 is 0.909 bits per heavy atom. The Kier molecular flexibility index (Phi) is 6.40. The molecule has 3 aromatic carbocycles. The van der Waals surface area contributed by atoms with Crippen LogP contribution in [0.4, 0.5) is 17.1 Å². The van der Waals surface area contributed by atoms with Crippen LogP contribution < -0.4 is 15.1 Å². The Labute approximate surface area is 193 Å². The van der Waals surface area contributed by atoms with E-state index in [-0.39, 0.29) is 16.5 Å². The summed E-state index contributed by atoms with van der Waals surface area (Å²) in [6, 6.07) is 22.5. The Balaban J connectivity index is 1.59. The van der Waals surface area contributed by atoms with E-state index in [4.69, 9.17) is 0 Å². The van der Waals surface area contributed by atoms with Gasteiger partial charge in [-0.3, -0.25) is 14.9 Å². The number of carbonyl (C=O) groups is 1. The van der Waals surface area contributed by atoms with E-state index in [1.165, 1.54) is 0 Å². The molecule has 0 radical (unpaired) electrons. The molecule has 168 valence electrons. The van der Waals surface area contributed by atoms with Gasteiger partial charge in [-0.05, 0) is 41.0 Å². The molecule has 0 atom stereocenters. The van der Waals surface area contributed by atoms with Gasteiger partial charge < -0.3 is 15.1 Å². The molecule has 33 heavy (non-hydrogen) atoms. The molecule has 1 amide bonds. The third-order valence-electron chi connectivity index (χ3n) is 5.99. The molecule has 7 nitrogen and oxygen atoms in total. The second kappa shape index (κ2) is 9.56. The molecule has 0 bridgehead atoms. The average molecular weight is 443 g/mol. The van der Waals surface area contributed by atoms with E-state index in [9.17, 15) is 14.9 Å². The SMILES string of the molecule is C=C(c1ccc(N2CCN(c3ccccc3)CC2)c([N+](=O)[O-])c1)c1ccccc1C(=O)NC. The number of piperazine rings is 1. The van der Waals surface area contributed by atoms with Gasteiger partial charge in [0, 0.05) is 50.5 Å². The molecule has 1 heterocycles. The van der Waals surface area contributed by atoms with Crippen molar-refractivity contribution >= 4 is 28.5 Å². The topological polar surface area (TPSA) is 78.7 Å². The standard InChI is InChI=1S/C26H26N4O3/c1-19(22-10-6-7-11-23(22)26(31)27-2)20-12-13-24(25(18-20)30(32)33)29-16-14-28(15-17-29)21-8-4-3-5-9-21/h3-13,18H,1,14-17H2,2H3,(H,27,31). The minimum absolute atomic E-state index is 0.0410. The van der Waals surface area contributed by atoms with Crippen LogP contribution in [-0.4, -0.2) is 44.1 Å². The second-order valence-corrected chi connectivity index (χ2v) is 7.87. The highest BCUT2D eigenvalue weighted by Gasteiger charge is 2.25. The number of anilines is 2. The van der Waals surface area contributed by atoms with Gasteiger partial charge in [0.15, 0.2) is 0 Å². The summed E-state index contributed by atoms with van der Waals surface area (Å²) >= 11 is 0. The average Bonchev–Trinajstić information content (AvgIpc) is 2.88.